The fourth-order valence-corrected chi connectivity index (χ4v) is 3.09. The van der Waals surface area contributed by atoms with Crippen molar-refractivity contribution >= 4 is 16.8 Å². The molecule has 0 radical (unpaired) electrons. The van der Waals surface area contributed by atoms with Crippen molar-refractivity contribution in [1.82, 2.24) is 15.3 Å². The minimum absolute atomic E-state index is 0.152. The van der Waals surface area contributed by atoms with Crippen molar-refractivity contribution in [3.63, 3.8) is 0 Å². The molecule has 5 nitrogen and oxygen atoms in total. The molecule has 0 saturated heterocycles. The van der Waals surface area contributed by atoms with E-state index in [1.54, 1.807) is 12.4 Å². The predicted molar refractivity (Wildman–Crippen MR) is 114 cm³/mol. The molecule has 2 heterocycles. The molecule has 4 rings (SSSR count). The Morgan fingerprint density at radius 2 is 1.86 bits per heavy atom. The van der Waals surface area contributed by atoms with Crippen LogP contribution >= 0.6 is 0 Å². The number of hydrogen-bond acceptors (Lipinski definition) is 4. The SMILES string of the molecule is Cc1ccc(OCCNC(=O)c2cc(-c3cccnc3)nc3ccccc23)cc1. The molecule has 0 atom stereocenters. The van der Waals surface area contributed by atoms with Gasteiger partial charge in [-0.15, -0.1) is 0 Å². The van der Waals surface area contributed by atoms with E-state index in [-0.39, 0.29) is 5.91 Å². The van der Waals surface area contributed by atoms with E-state index in [2.05, 4.69) is 15.3 Å². The molecule has 0 spiro atoms. The van der Waals surface area contributed by atoms with Crippen LogP contribution < -0.4 is 10.1 Å². The first-order valence-corrected chi connectivity index (χ1v) is 9.48. The zero-order valence-corrected chi connectivity index (χ0v) is 16.1. The van der Waals surface area contributed by atoms with Gasteiger partial charge in [0.1, 0.15) is 12.4 Å². The molecule has 0 fully saturated rings. The van der Waals surface area contributed by atoms with Gasteiger partial charge in [-0.3, -0.25) is 9.78 Å². The number of aromatic nitrogens is 2. The number of nitrogens with one attached hydrogen (secondary N) is 1. The first kappa shape index (κ1) is 18.6. The first-order valence-electron chi connectivity index (χ1n) is 9.48. The monoisotopic (exact) mass is 383 g/mol. The van der Waals surface area contributed by atoms with Crippen molar-refractivity contribution in [3.05, 3.63) is 90.3 Å². The molecule has 4 aromatic rings. The maximum absolute atomic E-state index is 12.9. The Hall–Kier alpha value is -3.73. The summed E-state index contributed by atoms with van der Waals surface area (Å²) in [6, 6.07) is 21.1. The summed E-state index contributed by atoms with van der Waals surface area (Å²) in [5.41, 5.74) is 4.13. The van der Waals surface area contributed by atoms with Crippen molar-refractivity contribution in [1.29, 1.82) is 0 Å². The van der Waals surface area contributed by atoms with E-state index >= 15 is 0 Å². The van der Waals surface area contributed by atoms with Gasteiger partial charge in [0.25, 0.3) is 5.91 Å². The normalized spacial score (nSPS) is 10.7. The number of amides is 1. The van der Waals surface area contributed by atoms with Crippen molar-refractivity contribution in [2.45, 2.75) is 6.92 Å². The van der Waals surface area contributed by atoms with E-state index in [9.17, 15) is 4.79 Å². The lowest BCUT2D eigenvalue weighted by Crippen LogP contribution is -2.28. The molecule has 0 saturated carbocycles. The predicted octanol–water partition coefficient (Wildman–Crippen LogP) is 4.41. The van der Waals surface area contributed by atoms with Gasteiger partial charge in [0, 0.05) is 23.3 Å². The molecule has 5 heteroatoms. The Morgan fingerprint density at radius 1 is 1.03 bits per heavy atom. The summed E-state index contributed by atoms with van der Waals surface area (Å²) in [7, 11) is 0. The Morgan fingerprint density at radius 3 is 2.66 bits per heavy atom. The highest BCUT2D eigenvalue weighted by molar-refractivity contribution is 6.07. The smallest absolute Gasteiger partial charge is 0.252 e. The number of carbonyl (C=O) groups is 1. The zero-order valence-electron chi connectivity index (χ0n) is 16.1. The lowest BCUT2D eigenvalue weighted by molar-refractivity contribution is 0.0948. The fourth-order valence-electron chi connectivity index (χ4n) is 3.09. The Balaban J connectivity index is 1.51. The lowest BCUT2D eigenvalue weighted by Gasteiger charge is -2.11. The summed E-state index contributed by atoms with van der Waals surface area (Å²) >= 11 is 0. The maximum Gasteiger partial charge on any atom is 0.252 e. The van der Waals surface area contributed by atoms with Gasteiger partial charge in [0.15, 0.2) is 0 Å². The molecular weight excluding hydrogens is 362 g/mol. The number of aryl methyl sites for hydroxylation is 1. The third-order valence-electron chi connectivity index (χ3n) is 4.60. The van der Waals surface area contributed by atoms with Crippen LogP contribution in [0, 0.1) is 6.92 Å². The highest BCUT2D eigenvalue weighted by Crippen LogP contribution is 2.24. The standard InChI is InChI=1S/C24H21N3O2/c1-17-8-10-19(11-9-17)29-14-13-26-24(28)21-15-23(18-5-4-12-25-16-18)27-22-7-3-2-6-20(21)22/h2-12,15-16H,13-14H2,1H3,(H,26,28). The van der Waals surface area contributed by atoms with Crippen LogP contribution in [0.3, 0.4) is 0 Å². The molecular formula is C24H21N3O2. The highest BCUT2D eigenvalue weighted by Gasteiger charge is 2.13. The summed E-state index contributed by atoms with van der Waals surface area (Å²) in [6.07, 6.45) is 3.46. The van der Waals surface area contributed by atoms with Crippen LogP contribution in [0.5, 0.6) is 5.75 Å². The van der Waals surface area contributed by atoms with E-state index in [1.807, 2.05) is 73.7 Å². The lowest BCUT2D eigenvalue weighted by atomic mass is 10.0. The molecule has 0 unspecified atom stereocenters. The van der Waals surface area contributed by atoms with Crippen LogP contribution in [0.2, 0.25) is 0 Å². The molecule has 144 valence electrons. The number of pyridine rings is 2. The van der Waals surface area contributed by atoms with Crippen molar-refractivity contribution in [2.24, 2.45) is 0 Å². The second-order valence-corrected chi connectivity index (χ2v) is 6.73. The van der Waals surface area contributed by atoms with E-state index in [0.29, 0.717) is 18.7 Å². The Kier molecular flexibility index (Phi) is 5.47. The second-order valence-electron chi connectivity index (χ2n) is 6.73. The summed E-state index contributed by atoms with van der Waals surface area (Å²) < 4.78 is 5.69. The van der Waals surface area contributed by atoms with E-state index < -0.39 is 0 Å². The summed E-state index contributed by atoms with van der Waals surface area (Å²) in [4.78, 5) is 21.7. The minimum atomic E-state index is -0.152. The van der Waals surface area contributed by atoms with E-state index in [1.165, 1.54) is 5.56 Å². The number of hydrogen-bond donors (Lipinski definition) is 1. The largest absolute Gasteiger partial charge is 0.492 e. The van der Waals surface area contributed by atoms with Crippen LogP contribution in [0.25, 0.3) is 22.2 Å². The van der Waals surface area contributed by atoms with Gasteiger partial charge in [-0.1, -0.05) is 35.9 Å². The van der Waals surface area contributed by atoms with Crippen LogP contribution in [0.4, 0.5) is 0 Å². The summed E-state index contributed by atoms with van der Waals surface area (Å²) in [6.45, 7) is 2.83. The third kappa shape index (κ3) is 4.41. The third-order valence-corrected chi connectivity index (χ3v) is 4.60. The van der Waals surface area contributed by atoms with Gasteiger partial charge >= 0.3 is 0 Å². The Bertz CT molecular complexity index is 1130. The highest BCUT2D eigenvalue weighted by atomic mass is 16.5. The van der Waals surface area contributed by atoms with Gasteiger partial charge in [-0.2, -0.15) is 0 Å². The van der Waals surface area contributed by atoms with E-state index in [0.717, 1.165) is 27.9 Å². The quantitative estimate of drug-likeness (QED) is 0.501. The molecule has 29 heavy (non-hydrogen) atoms. The van der Waals surface area contributed by atoms with Crippen LogP contribution in [0.1, 0.15) is 15.9 Å². The molecule has 1 N–H and O–H groups in total. The first-order chi connectivity index (χ1) is 14.2. The number of ether oxygens (including phenoxy) is 1. The molecule has 2 aromatic carbocycles. The van der Waals surface area contributed by atoms with Gasteiger partial charge in [0.05, 0.1) is 23.3 Å². The van der Waals surface area contributed by atoms with Gasteiger partial charge in [0.2, 0.25) is 0 Å². The van der Waals surface area contributed by atoms with Gasteiger partial charge in [-0.25, -0.2) is 4.98 Å². The molecule has 0 aliphatic rings. The van der Waals surface area contributed by atoms with Gasteiger partial charge < -0.3 is 10.1 Å². The molecule has 0 aliphatic carbocycles. The number of benzene rings is 2. The fraction of sp³-hybridized carbons (Fsp3) is 0.125. The Labute approximate surface area is 169 Å². The molecule has 1 amide bonds. The second kappa shape index (κ2) is 8.52. The average molecular weight is 383 g/mol. The average Bonchev–Trinajstić information content (AvgIpc) is 2.77. The van der Waals surface area contributed by atoms with Crippen LogP contribution in [-0.2, 0) is 0 Å². The molecule has 0 aliphatic heterocycles. The number of rotatable bonds is 6. The summed E-state index contributed by atoms with van der Waals surface area (Å²) in [5, 5.41) is 3.76. The van der Waals surface area contributed by atoms with E-state index in [4.69, 9.17) is 4.74 Å². The molecule has 2 aromatic heterocycles. The number of para-hydroxylation sites is 1. The number of nitrogens with zero attached hydrogens (tertiary/aromatic N) is 2. The van der Waals surface area contributed by atoms with Crippen molar-refractivity contribution in [3.8, 4) is 17.0 Å². The minimum Gasteiger partial charge on any atom is -0.492 e. The van der Waals surface area contributed by atoms with Crippen LogP contribution in [0.15, 0.2) is 79.1 Å². The number of fused-ring (bicyclic) bond motifs is 1. The zero-order chi connectivity index (χ0) is 20.1. The summed E-state index contributed by atoms with van der Waals surface area (Å²) in [5.74, 6) is 0.638. The maximum atomic E-state index is 12.9. The van der Waals surface area contributed by atoms with Crippen molar-refractivity contribution < 1.29 is 9.53 Å². The van der Waals surface area contributed by atoms with Gasteiger partial charge in [-0.05, 0) is 43.3 Å². The topological polar surface area (TPSA) is 64.1 Å². The van der Waals surface area contributed by atoms with Crippen molar-refractivity contribution in [2.75, 3.05) is 13.2 Å². The van der Waals surface area contributed by atoms with Crippen LogP contribution in [-0.4, -0.2) is 29.0 Å². The number of carbonyl (C=O) groups excluding carboxylic acids is 1. The molecule has 0 bridgehead atoms.